The number of hydrogen-bond acceptors (Lipinski definition) is 1. The van der Waals surface area contributed by atoms with E-state index in [9.17, 15) is 0 Å². The van der Waals surface area contributed by atoms with Crippen molar-refractivity contribution in [1.82, 2.24) is 0 Å². The molecule has 0 saturated heterocycles. The lowest BCUT2D eigenvalue weighted by Crippen LogP contribution is -2.00. The zero-order valence-electron chi connectivity index (χ0n) is 9.41. The zero-order valence-corrected chi connectivity index (χ0v) is 9.41. The average Bonchev–Trinajstić information content (AvgIpc) is 2.29. The van der Waals surface area contributed by atoms with Crippen molar-refractivity contribution >= 4 is 5.69 Å². The molecule has 1 aromatic rings. The van der Waals surface area contributed by atoms with Crippen LogP contribution in [0.2, 0.25) is 0 Å². The lowest BCUT2D eigenvalue weighted by atomic mass is 10.1. The van der Waals surface area contributed by atoms with Crippen LogP contribution in [0.1, 0.15) is 32.1 Å². The van der Waals surface area contributed by atoms with Crippen LogP contribution in [-0.4, -0.2) is 6.54 Å². The molecule has 1 aromatic carbocycles. The van der Waals surface area contributed by atoms with Crippen LogP contribution >= 0.6 is 0 Å². The maximum Gasteiger partial charge on any atom is 0.0340 e. The summed E-state index contributed by atoms with van der Waals surface area (Å²) in [6.07, 6.45) is 8.34. The molecule has 0 bridgehead atoms. The minimum atomic E-state index is 1.08. The Labute approximate surface area is 93.2 Å². The van der Waals surface area contributed by atoms with Crippen molar-refractivity contribution in [3.63, 3.8) is 0 Å². The lowest BCUT2D eigenvalue weighted by Gasteiger charge is -2.05. The molecule has 15 heavy (non-hydrogen) atoms. The van der Waals surface area contributed by atoms with E-state index in [1.54, 1.807) is 0 Å². The van der Waals surface area contributed by atoms with Crippen LogP contribution in [0.5, 0.6) is 0 Å². The fraction of sp³-hybridized carbons (Fsp3) is 0.429. The van der Waals surface area contributed by atoms with Crippen LogP contribution in [0, 0.1) is 0 Å². The van der Waals surface area contributed by atoms with Gasteiger partial charge in [0, 0.05) is 12.2 Å². The van der Waals surface area contributed by atoms with Crippen molar-refractivity contribution in [2.75, 3.05) is 11.9 Å². The summed E-state index contributed by atoms with van der Waals surface area (Å²) in [5.74, 6) is 0. The third-order valence-corrected chi connectivity index (χ3v) is 2.44. The molecule has 0 aromatic heterocycles. The Kier molecular flexibility index (Phi) is 6.39. The minimum Gasteiger partial charge on any atom is -0.385 e. The summed E-state index contributed by atoms with van der Waals surface area (Å²) in [6.45, 7) is 4.80. The first-order valence-corrected chi connectivity index (χ1v) is 5.83. The number of unbranched alkanes of at least 4 members (excludes halogenated alkanes) is 4. The topological polar surface area (TPSA) is 12.0 Å². The van der Waals surface area contributed by atoms with E-state index in [4.69, 9.17) is 0 Å². The molecule has 1 N–H and O–H groups in total. The summed E-state index contributed by atoms with van der Waals surface area (Å²) in [6, 6.07) is 10.4. The quantitative estimate of drug-likeness (QED) is 0.492. The van der Waals surface area contributed by atoms with Gasteiger partial charge in [-0.2, -0.15) is 0 Å². The Morgan fingerprint density at radius 1 is 1.00 bits per heavy atom. The molecule has 0 atom stereocenters. The summed E-state index contributed by atoms with van der Waals surface area (Å²) >= 11 is 0. The molecule has 0 radical (unpaired) electrons. The molecule has 0 amide bonds. The molecule has 1 nitrogen and oxygen atoms in total. The number of nitrogens with one attached hydrogen (secondary N) is 1. The van der Waals surface area contributed by atoms with Crippen molar-refractivity contribution in [3.8, 4) is 0 Å². The minimum absolute atomic E-state index is 1.08. The molecule has 82 valence electrons. The van der Waals surface area contributed by atoms with Gasteiger partial charge in [-0.15, -0.1) is 6.58 Å². The third kappa shape index (κ3) is 5.95. The van der Waals surface area contributed by atoms with E-state index in [2.05, 4.69) is 36.2 Å². The Morgan fingerprint density at radius 3 is 2.47 bits per heavy atom. The van der Waals surface area contributed by atoms with Crippen molar-refractivity contribution in [1.29, 1.82) is 0 Å². The van der Waals surface area contributed by atoms with Gasteiger partial charge < -0.3 is 5.32 Å². The highest BCUT2D eigenvalue weighted by atomic mass is 14.9. The number of rotatable bonds is 8. The first kappa shape index (κ1) is 11.8. The van der Waals surface area contributed by atoms with Gasteiger partial charge in [0.1, 0.15) is 0 Å². The summed E-state index contributed by atoms with van der Waals surface area (Å²) in [7, 11) is 0. The predicted octanol–water partition coefficient (Wildman–Crippen LogP) is 4.24. The second-order valence-electron chi connectivity index (χ2n) is 3.78. The Morgan fingerprint density at radius 2 is 1.73 bits per heavy atom. The monoisotopic (exact) mass is 203 g/mol. The largest absolute Gasteiger partial charge is 0.385 e. The van der Waals surface area contributed by atoms with E-state index in [1.807, 2.05) is 12.1 Å². The SMILES string of the molecule is C=CCCCCCCNc1ccccc1. The molecule has 0 fully saturated rings. The molecule has 0 saturated carbocycles. The van der Waals surface area contributed by atoms with Crippen molar-refractivity contribution in [2.24, 2.45) is 0 Å². The molecule has 0 heterocycles. The number of para-hydroxylation sites is 1. The maximum absolute atomic E-state index is 3.72. The summed E-state index contributed by atoms with van der Waals surface area (Å²) in [4.78, 5) is 0. The normalized spacial score (nSPS) is 9.87. The molecule has 0 spiro atoms. The van der Waals surface area contributed by atoms with Crippen LogP contribution in [0.15, 0.2) is 43.0 Å². The molecule has 0 unspecified atom stereocenters. The molecule has 1 rings (SSSR count). The van der Waals surface area contributed by atoms with Gasteiger partial charge in [0.15, 0.2) is 0 Å². The first-order chi connectivity index (χ1) is 7.43. The smallest absolute Gasteiger partial charge is 0.0340 e. The molecule has 0 aliphatic carbocycles. The number of hydrogen-bond donors (Lipinski definition) is 1. The zero-order chi connectivity index (χ0) is 10.8. The fourth-order valence-corrected chi connectivity index (χ4v) is 1.56. The lowest BCUT2D eigenvalue weighted by molar-refractivity contribution is 0.661. The van der Waals surface area contributed by atoms with Gasteiger partial charge >= 0.3 is 0 Å². The number of anilines is 1. The highest BCUT2D eigenvalue weighted by molar-refractivity contribution is 5.42. The van der Waals surface area contributed by atoms with Crippen LogP contribution in [0.3, 0.4) is 0 Å². The average molecular weight is 203 g/mol. The highest BCUT2D eigenvalue weighted by Crippen LogP contribution is 2.07. The molecule has 1 heteroatoms. The van der Waals surface area contributed by atoms with Gasteiger partial charge in [0.25, 0.3) is 0 Å². The first-order valence-electron chi connectivity index (χ1n) is 5.83. The van der Waals surface area contributed by atoms with E-state index in [0.29, 0.717) is 0 Å². The van der Waals surface area contributed by atoms with Gasteiger partial charge in [0.2, 0.25) is 0 Å². The van der Waals surface area contributed by atoms with Gasteiger partial charge in [0.05, 0.1) is 0 Å². The van der Waals surface area contributed by atoms with Crippen LogP contribution in [-0.2, 0) is 0 Å². The van der Waals surface area contributed by atoms with Crippen molar-refractivity contribution in [3.05, 3.63) is 43.0 Å². The van der Waals surface area contributed by atoms with E-state index in [-0.39, 0.29) is 0 Å². The molecule has 0 aliphatic heterocycles. The Hall–Kier alpha value is -1.24. The summed E-state index contributed by atoms with van der Waals surface area (Å²) in [5, 5.41) is 3.42. The van der Waals surface area contributed by atoms with Crippen molar-refractivity contribution in [2.45, 2.75) is 32.1 Å². The van der Waals surface area contributed by atoms with Crippen LogP contribution in [0.25, 0.3) is 0 Å². The van der Waals surface area contributed by atoms with Gasteiger partial charge in [-0.1, -0.05) is 37.1 Å². The van der Waals surface area contributed by atoms with Gasteiger partial charge in [-0.05, 0) is 31.4 Å². The number of benzene rings is 1. The van der Waals surface area contributed by atoms with E-state index in [0.717, 1.165) is 13.0 Å². The number of allylic oxidation sites excluding steroid dienone is 1. The molecular weight excluding hydrogens is 182 g/mol. The van der Waals surface area contributed by atoms with E-state index < -0.39 is 0 Å². The summed E-state index contributed by atoms with van der Waals surface area (Å²) in [5.41, 5.74) is 1.23. The van der Waals surface area contributed by atoms with E-state index >= 15 is 0 Å². The second kappa shape index (κ2) is 8.10. The summed E-state index contributed by atoms with van der Waals surface area (Å²) < 4.78 is 0. The van der Waals surface area contributed by atoms with Gasteiger partial charge in [-0.25, -0.2) is 0 Å². The molecule has 0 aliphatic rings. The third-order valence-electron chi connectivity index (χ3n) is 2.44. The van der Waals surface area contributed by atoms with E-state index in [1.165, 1.54) is 31.4 Å². The highest BCUT2D eigenvalue weighted by Gasteiger charge is 1.90. The molecular formula is C14H21N. The predicted molar refractivity (Wildman–Crippen MR) is 68.2 cm³/mol. The Balaban J connectivity index is 1.95. The standard InChI is InChI=1S/C14H21N/c1-2-3-4-5-6-10-13-15-14-11-8-7-9-12-14/h2,7-9,11-12,15H,1,3-6,10,13H2. The van der Waals surface area contributed by atoms with Crippen molar-refractivity contribution < 1.29 is 0 Å². The Bertz CT molecular complexity index is 253. The van der Waals surface area contributed by atoms with Crippen LogP contribution < -0.4 is 5.32 Å². The fourth-order valence-electron chi connectivity index (χ4n) is 1.56. The maximum atomic E-state index is 3.72. The van der Waals surface area contributed by atoms with Crippen LogP contribution in [0.4, 0.5) is 5.69 Å². The van der Waals surface area contributed by atoms with Gasteiger partial charge in [-0.3, -0.25) is 0 Å². The second-order valence-corrected chi connectivity index (χ2v) is 3.78.